The highest BCUT2D eigenvalue weighted by molar-refractivity contribution is 5.53. The molecule has 0 heterocycles. The lowest BCUT2D eigenvalue weighted by molar-refractivity contribution is -0.112. The van der Waals surface area contributed by atoms with Crippen molar-refractivity contribution in [1.82, 2.24) is 0 Å². The third kappa shape index (κ3) is 3.02. The molecule has 2 nitrogen and oxygen atoms in total. The number of carbonyl (C=O) groups excluding carboxylic acids is 1. The first-order valence-electron chi connectivity index (χ1n) is 4.14. The first kappa shape index (κ1) is 10.6. The molecule has 4 atom stereocenters. The van der Waals surface area contributed by atoms with E-state index in [9.17, 15) is 9.90 Å². The molecule has 0 radical (unpaired) electrons. The first-order chi connectivity index (χ1) is 5.00. The van der Waals surface area contributed by atoms with Gasteiger partial charge in [-0.2, -0.15) is 0 Å². The fourth-order valence-corrected chi connectivity index (χ4v) is 1.04. The number of carbonyl (C=O) groups is 1. The van der Waals surface area contributed by atoms with Crippen LogP contribution in [-0.4, -0.2) is 17.5 Å². The molecule has 0 saturated heterocycles. The highest BCUT2D eigenvalue weighted by Crippen LogP contribution is 2.21. The predicted octanol–water partition coefficient (Wildman–Crippen LogP) is 1.47. The van der Waals surface area contributed by atoms with Crippen LogP contribution in [-0.2, 0) is 4.79 Å². The Morgan fingerprint density at radius 2 is 1.55 bits per heavy atom. The molecule has 0 aromatic rings. The average Bonchev–Trinajstić information content (AvgIpc) is 2.00. The SMILES string of the molecule is CC(O)C(C)C(C)C(C)C=O. The molecule has 0 spiro atoms. The number of aldehydes is 1. The first-order valence-corrected chi connectivity index (χ1v) is 4.14. The van der Waals surface area contributed by atoms with E-state index in [1.54, 1.807) is 6.92 Å². The van der Waals surface area contributed by atoms with Gasteiger partial charge >= 0.3 is 0 Å². The van der Waals surface area contributed by atoms with Crippen molar-refractivity contribution < 1.29 is 9.90 Å². The van der Waals surface area contributed by atoms with E-state index in [0.29, 0.717) is 0 Å². The number of aliphatic hydroxyl groups excluding tert-OH is 1. The molecule has 2 heteroatoms. The van der Waals surface area contributed by atoms with E-state index in [0.717, 1.165) is 6.29 Å². The summed E-state index contributed by atoms with van der Waals surface area (Å²) < 4.78 is 0. The largest absolute Gasteiger partial charge is 0.393 e. The average molecular weight is 158 g/mol. The molecule has 0 rings (SSSR count). The van der Waals surface area contributed by atoms with Gasteiger partial charge in [-0.1, -0.05) is 20.8 Å². The Balaban J connectivity index is 4.00. The zero-order chi connectivity index (χ0) is 9.02. The minimum atomic E-state index is -0.326. The fourth-order valence-electron chi connectivity index (χ4n) is 1.04. The maximum atomic E-state index is 10.4. The van der Waals surface area contributed by atoms with Gasteiger partial charge in [0.15, 0.2) is 0 Å². The van der Waals surface area contributed by atoms with Crippen molar-refractivity contribution in [3.05, 3.63) is 0 Å². The Bertz CT molecular complexity index is 121. The second-order valence-electron chi connectivity index (χ2n) is 3.45. The lowest BCUT2D eigenvalue weighted by atomic mass is 9.83. The number of rotatable bonds is 4. The molecule has 0 aromatic heterocycles. The molecule has 0 aromatic carbocycles. The van der Waals surface area contributed by atoms with Crippen LogP contribution in [0.3, 0.4) is 0 Å². The van der Waals surface area contributed by atoms with Crippen molar-refractivity contribution in [2.75, 3.05) is 0 Å². The Morgan fingerprint density at radius 1 is 1.09 bits per heavy atom. The van der Waals surface area contributed by atoms with Gasteiger partial charge in [0.25, 0.3) is 0 Å². The molecule has 66 valence electrons. The predicted molar refractivity (Wildman–Crippen MR) is 45.2 cm³/mol. The quantitative estimate of drug-likeness (QED) is 0.629. The summed E-state index contributed by atoms with van der Waals surface area (Å²) in [6, 6.07) is 0. The van der Waals surface area contributed by atoms with Gasteiger partial charge in [0.05, 0.1) is 6.10 Å². The Labute approximate surface area is 68.6 Å². The van der Waals surface area contributed by atoms with Crippen molar-refractivity contribution in [1.29, 1.82) is 0 Å². The summed E-state index contributed by atoms with van der Waals surface area (Å²) in [7, 11) is 0. The Morgan fingerprint density at radius 3 is 1.82 bits per heavy atom. The number of hydrogen-bond donors (Lipinski definition) is 1. The van der Waals surface area contributed by atoms with E-state index in [2.05, 4.69) is 0 Å². The molecule has 0 amide bonds. The number of aliphatic hydroxyl groups is 1. The summed E-state index contributed by atoms with van der Waals surface area (Å²) in [6.45, 7) is 7.61. The standard InChI is InChI=1S/C9H18O2/c1-6(5-10)7(2)8(3)9(4)11/h5-9,11H,1-4H3. The molecule has 0 aliphatic heterocycles. The molecule has 11 heavy (non-hydrogen) atoms. The minimum absolute atomic E-state index is 0.0413. The summed E-state index contributed by atoms with van der Waals surface area (Å²) in [6.07, 6.45) is 0.621. The lowest BCUT2D eigenvalue weighted by Crippen LogP contribution is -2.26. The highest BCUT2D eigenvalue weighted by atomic mass is 16.3. The van der Waals surface area contributed by atoms with E-state index in [1.165, 1.54) is 0 Å². The van der Waals surface area contributed by atoms with E-state index in [4.69, 9.17) is 0 Å². The van der Waals surface area contributed by atoms with Gasteiger partial charge in [-0.25, -0.2) is 0 Å². The molecule has 4 unspecified atom stereocenters. The van der Waals surface area contributed by atoms with Gasteiger partial charge in [-0.15, -0.1) is 0 Å². The van der Waals surface area contributed by atoms with Gasteiger partial charge in [0.2, 0.25) is 0 Å². The van der Waals surface area contributed by atoms with Crippen LogP contribution in [0.25, 0.3) is 0 Å². The molecule has 0 aliphatic carbocycles. The van der Waals surface area contributed by atoms with Crippen LogP contribution >= 0.6 is 0 Å². The Kier molecular flexibility index (Phi) is 4.34. The van der Waals surface area contributed by atoms with E-state index < -0.39 is 0 Å². The molecular weight excluding hydrogens is 140 g/mol. The van der Waals surface area contributed by atoms with Crippen LogP contribution in [0, 0.1) is 17.8 Å². The third-order valence-corrected chi connectivity index (χ3v) is 2.63. The molecule has 0 aliphatic rings. The summed E-state index contributed by atoms with van der Waals surface area (Å²) in [5, 5.41) is 9.22. The van der Waals surface area contributed by atoms with Gasteiger partial charge < -0.3 is 9.90 Å². The summed E-state index contributed by atoms with van der Waals surface area (Å²) in [5.41, 5.74) is 0. The van der Waals surface area contributed by atoms with E-state index >= 15 is 0 Å². The molecular formula is C9H18O2. The van der Waals surface area contributed by atoms with E-state index in [1.807, 2.05) is 20.8 Å². The van der Waals surface area contributed by atoms with Crippen LogP contribution in [0.2, 0.25) is 0 Å². The zero-order valence-electron chi connectivity index (χ0n) is 7.74. The lowest BCUT2D eigenvalue weighted by Gasteiger charge is -2.24. The van der Waals surface area contributed by atoms with Gasteiger partial charge in [-0.05, 0) is 18.8 Å². The molecule has 0 bridgehead atoms. The topological polar surface area (TPSA) is 37.3 Å². The van der Waals surface area contributed by atoms with Crippen LogP contribution in [0.4, 0.5) is 0 Å². The summed E-state index contributed by atoms with van der Waals surface area (Å²) in [4.78, 5) is 10.4. The molecule has 0 saturated carbocycles. The number of hydrogen-bond acceptors (Lipinski definition) is 2. The van der Waals surface area contributed by atoms with Crippen LogP contribution in [0.5, 0.6) is 0 Å². The maximum Gasteiger partial charge on any atom is 0.123 e. The zero-order valence-corrected chi connectivity index (χ0v) is 7.74. The van der Waals surface area contributed by atoms with Crippen molar-refractivity contribution in [3.8, 4) is 0 Å². The summed E-state index contributed by atoms with van der Waals surface area (Å²) in [5.74, 6) is 0.488. The monoisotopic (exact) mass is 158 g/mol. The fraction of sp³-hybridized carbons (Fsp3) is 0.889. The van der Waals surface area contributed by atoms with Crippen molar-refractivity contribution in [2.24, 2.45) is 17.8 Å². The van der Waals surface area contributed by atoms with Crippen molar-refractivity contribution in [2.45, 2.75) is 33.8 Å². The van der Waals surface area contributed by atoms with E-state index in [-0.39, 0.29) is 23.9 Å². The van der Waals surface area contributed by atoms with Crippen molar-refractivity contribution in [3.63, 3.8) is 0 Å². The van der Waals surface area contributed by atoms with Crippen LogP contribution in [0.15, 0.2) is 0 Å². The van der Waals surface area contributed by atoms with Crippen LogP contribution < -0.4 is 0 Å². The molecule has 0 fully saturated rings. The summed E-state index contributed by atoms with van der Waals surface area (Å²) >= 11 is 0. The normalized spacial score (nSPS) is 21.9. The smallest absolute Gasteiger partial charge is 0.123 e. The van der Waals surface area contributed by atoms with Gasteiger partial charge in [0.1, 0.15) is 6.29 Å². The Hall–Kier alpha value is -0.370. The second-order valence-corrected chi connectivity index (χ2v) is 3.45. The van der Waals surface area contributed by atoms with Crippen LogP contribution in [0.1, 0.15) is 27.7 Å². The molecule has 1 N–H and O–H groups in total. The third-order valence-electron chi connectivity index (χ3n) is 2.63. The second kappa shape index (κ2) is 4.50. The minimum Gasteiger partial charge on any atom is -0.393 e. The van der Waals surface area contributed by atoms with Gasteiger partial charge in [-0.3, -0.25) is 0 Å². The highest BCUT2D eigenvalue weighted by Gasteiger charge is 2.21. The van der Waals surface area contributed by atoms with Crippen molar-refractivity contribution >= 4 is 6.29 Å². The van der Waals surface area contributed by atoms with Gasteiger partial charge in [0, 0.05) is 5.92 Å². The maximum absolute atomic E-state index is 10.4.